The van der Waals surface area contributed by atoms with E-state index in [9.17, 15) is 9.59 Å². The lowest BCUT2D eigenvalue weighted by molar-refractivity contribution is -0.123. The second-order valence-corrected chi connectivity index (χ2v) is 5.35. The molecule has 0 aromatic carbocycles. The van der Waals surface area contributed by atoms with Crippen molar-refractivity contribution in [1.29, 1.82) is 0 Å². The highest BCUT2D eigenvalue weighted by Crippen LogP contribution is 2.17. The van der Waals surface area contributed by atoms with Crippen LogP contribution in [0, 0.1) is 0 Å². The smallest absolute Gasteiger partial charge is 0.410 e. The normalized spacial score (nSPS) is 14.8. The van der Waals surface area contributed by atoms with Crippen LogP contribution in [0.25, 0.3) is 0 Å². The number of carbonyl (C=O) groups is 2. The average molecular weight is 357 g/mol. The fourth-order valence-electron chi connectivity index (χ4n) is 1.99. The van der Waals surface area contributed by atoms with Crippen molar-refractivity contribution in [2.45, 2.75) is 0 Å². The second-order valence-electron chi connectivity index (χ2n) is 4.54. The number of hydrogen-bond donors (Lipinski definition) is 1. The molecule has 0 unspecified atom stereocenters. The van der Waals surface area contributed by atoms with Gasteiger partial charge in [0.15, 0.2) is 6.61 Å². The van der Waals surface area contributed by atoms with Gasteiger partial charge in [0, 0.05) is 33.2 Å². The van der Waals surface area contributed by atoms with Gasteiger partial charge in [-0.05, 0) is 28.1 Å². The summed E-state index contributed by atoms with van der Waals surface area (Å²) in [5.41, 5.74) is 1.02. The minimum atomic E-state index is -0.452. The summed E-state index contributed by atoms with van der Waals surface area (Å²) in [5, 5.41) is 2.40. The van der Waals surface area contributed by atoms with Crippen molar-refractivity contribution >= 4 is 33.6 Å². The van der Waals surface area contributed by atoms with Crippen molar-refractivity contribution < 1.29 is 14.3 Å². The Bertz CT molecular complexity index is 501. The van der Waals surface area contributed by atoms with Crippen molar-refractivity contribution in [2.75, 3.05) is 44.7 Å². The van der Waals surface area contributed by atoms with E-state index in [1.54, 1.807) is 11.1 Å². The van der Waals surface area contributed by atoms with Crippen LogP contribution in [0.4, 0.5) is 10.5 Å². The van der Waals surface area contributed by atoms with Crippen molar-refractivity contribution in [1.82, 2.24) is 15.2 Å². The number of likely N-dealkylation sites (N-methyl/N-ethyl adjacent to an activating group) is 1. The number of halogens is 1. The highest BCUT2D eigenvalue weighted by atomic mass is 79.9. The Kier molecular flexibility index (Phi) is 5.38. The molecular formula is C13H17BrN4O3. The van der Waals surface area contributed by atoms with Gasteiger partial charge in [0.2, 0.25) is 0 Å². The minimum absolute atomic E-state index is 0.244. The van der Waals surface area contributed by atoms with Gasteiger partial charge in [0.05, 0.1) is 11.9 Å². The van der Waals surface area contributed by atoms with Crippen LogP contribution >= 0.6 is 15.9 Å². The Hall–Kier alpha value is -1.83. The number of ether oxygens (including phenoxy) is 1. The molecule has 114 valence electrons. The molecular weight excluding hydrogens is 340 g/mol. The Morgan fingerprint density at radius 2 is 2.05 bits per heavy atom. The summed E-state index contributed by atoms with van der Waals surface area (Å²) in [4.78, 5) is 30.8. The molecule has 1 aliphatic rings. The van der Waals surface area contributed by atoms with E-state index >= 15 is 0 Å². The maximum absolute atomic E-state index is 11.8. The molecule has 2 rings (SSSR count). The van der Waals surface area contributed by atoms with E-state index in [4.69, 9.17) is 4.74 Å². The SMILES string of the molecule is CNC(=O)COC(=O)N1CCN(c2ccc(Br)nc2)CC1. The topological polar surface area (TPSA) is 74.8 Å². The van der Waals surface area contributed by atoms with E-state index in [1.807, 2.05) is 12.1 Å². The predicted molar refractivity (Wildman–Crippen MR) is 81.1 cm³/mol. The zero-order chi connectivity index (χ0) is 15.2. The van der Waals surface area contributed by atoms with Crippen LogP contribution in [0.1, 0.15) is 0 Å². The largest absolute Gasteiger partial charge is 0.439 e. The zero-order valence-corrected chi connectivity index (χ0v) is 13.3. The summed E-state index contributed by atoms with van der Waals surface area (Å²) in [5.74, 6) is -0.317. The third-order valence-electron chi connectivity index (χ3n) is 3.22. The van der Waals surface area contributed by atoms with Gasteiger partial charge in [-0.2, -0.15) is 0 Å². The number of carbonyl (C=O) groups excluding carboxylic acids is 2. The van der Waals surface area contributed by atoms with Crippen molar-refractivity contribution in [3.8, 4) is 0 Å². The monoisotopic (exact) mass is 356 g/mol. The molecule has 1 fully saturated rings. The lowest BCUT2D eigenvalue weighted by Crippen LogP contribution is -2.49. The van der Waals surface area contributed by atoms with Crippen molar-refractivity contribution in [3.05, 3.63) is 22.9 Å². The highest BCUT2D eigenvalue weighted by Gasteiger charge is 2.22. The summed E-state index contributed by atoms with van der Waals surface area (Å²) in [7, 11) is 1.50. The molecule has 1 aromatic heterocycles. The third kappa shape index (κ3) is 4.32. The Balaban J connectivity index is 1.81. The molecule has 0 atom stereocenters. The van der Waals surface area contributed by atoms with Crippen LogP contribution in [-0.4, -0.2) is 61.7 Å². The molecule has 0 saturated carbocycles. The fraction of sp³-hybridized carbons (Fsp3) is 0.462. The first-order valence-electron chi connectivity index (χ1n) is 6.59. The lowest BCUT2D eigenvalue weighted by atomic mass is 10.3. The summed E-state index contributed by atoms with van der Waals surface area (Å²) in [6.45, 7) is 2.29. The van der Waals surface area contributed by atoms with Gasteiger partial charge >= 0.3 is 6.09 Å². The summed E-state index contributed by atoms with van der Waals surface area (Å²) in [6.07, 6.45) is 1.34. The molecule has 0 radical (unpaired) electrons. The van der Waals surface area contributed by atoms with E-state index < -0.39 is 6.09 Å². The molecule has 0 aliphatic carbocycles. The molecule has 1 aliphatic heterocycles. The predicted octanol–water partition coefficient (Wildman–Crippen LogP) is 0.849. The lowest BCUT2D eigenvalue weighted by Gasteiger charge is -2.35. The standard InChI is InChI=1S/C13H17BrN4O3/c1-15-12(19)9-21-13(20)18-6-4-17(5-7-18)10-2-3-11(14)16-8-10/h2-3,8H,4-7,9H2,1H3,(H,15,19). The Morgan fingerprint density at radius 3 is 2.62 bits per heavy atom. The summed E-state index contributed by atoms with van der Waals surface area (Å²) < 4.78 is 5.72. The van der Waals surface area contributed by atoms with Crippen LogP contribution in [0.15, 0.2) is 22.9 Å². The van der Waals surface area contributed by atoms with Crippen LogP contribution < -0.4 is 10.2 Å². The first-order valence-corrected chi connectivity index (χ1v) is 7.38. The Labute approximate surface area is 131 Å². The summed E-state index contributed by atoms with van der Waals surface area (Å²) in [6, 6.07) is 3.87. The van der Waals surface area contributed by atoms with Crippen molar-refractivity contribution in [2.24, 2.45) is 0 Å². The zero-order valence-electron chi connectivity index (χ0n) is 11.7. The van der Waals surface area contributed by atoms with Gasteiger partial charge in [-0.3, -0.25) is 4.79 Å². The molecule has 2 amide bonds. The van der Waals surface area contributed by atoms with Gasteiger partial charge in [-0.1, -0.05) is 0 Å². The number of pyridine rings is 1. The van der Waals surface area contributed by atoms with Gasteiger partial charge < -0.3 is 19.9 Å². The average Bonchev–Trinajstić information content (AvgIpc) is 2.53. The van der Waals surface area contributed by atoms with Gasteiger partial charge in [0.1, 0.15) is 4.60 Å². The molecule has 0 bridgehead atoms. The molecule has 1 N–H and O–H groups in total. The molecule has 8 heteroatoms. The summed E-state index contributed by atoms with van der Waals surface area (Å²) >= 11 is 3.30. The van der Waals surface area contributed by atoms with E-state index in [-0.39, 0.29) is 12.5 Å². The highest BCUT2D eigenvalue weighted by molar-refractivity contribution is 9.10. The van der Waals surface area contributed by atoms with Crippen LogP contribution in [0.3, 0.4) is 0 Å². The first-order chi connectivity index (χ1) is 10.1. The molecule has 0 spiro atoms. The van der Waals surface area contributed by atoms with E-state index in [0.29, 0.717) is 26.2 Å². The molecule has 1 saturated heterocycles. The van der Waals surface area contributed by atoms with E-state index in [1.165, 1.54) is 7.05 Å². The number of aromatic nitrogens is 1. The van der Waals surface area contributed by atoms with Crippen LogP contribution in [0.2, 0.25) is 0 Å². The fourth-order valence-corrected chi connectivity index (χ4v) is 2.23. The second kappa shape index (κ2) is 7.26. The minimum Gasteiger partial charge on any atom is -0.439 e. The van der Waals surface area contributed by atoms with Crippen LogP contribution in [-0.2, 0) is 9.53 Å². The number of hydrogen-bond acceptors (Lipinski definition) is 5. The number of rotatable bonds is 3. The molecule has 2 heterocycles. The van der Waals surface area contributed by atoms with E-state index in [0.717, 1.165) is 10.3 Å². The van der Waals surface area contributed by atoms with Crippen LogP contribution in [0.5, 0.6) is 0 Å². The van der Waals surface area contributed by atoms with Crippen molar-refractivity contribution in [3.63, 3.8) is 0 Å². The quantitative estimate of drug-likeness (QED) is 0.812. The third-order valence-corrected chi connectivity index (χ3v) is 3.69. The number of anilines is 1. The number of nitrogens with one attached hydrogen (secondary N) is 1. The number of piperazine rings is 1. The van der Waals surface area contributed by atoms with E-state index in [2.05, 4.69) is 31.1 Å². The molecule has 21 heavy (non-hydrogen) atoms. The Morgan fingerprint density at radius 1 is 1.33 bits per heavy atom. The molecule has 1 aromatic rings. The first kappa shape index (κ1) is 15.6. The maximum atomic E-state index is 11.8. The number of nitrogens with zero attached hydrogens (tertiary/aromatic N) is 3. The molecule has 7 nitrogen and oxygen atoms in total. The van der Waals surface area contributed by atoms with Gasteiger partial charge in [-0.25, -0.2) is 9.78 Å². The number of amides is 2. The van der Waals surface area contributed by atoms with Gasteiger partial charge in [-0.15, -0.1) is 0 Å². The van der Waals surface area contributed by atoms with Gasteiger partial charge in [0.25, 0.3) is 5.91 Å². The maximum Gasteiger partial charge on any atom is 0.410 e.